The molecule has 4 rings (SSSR count). The minimum atomic E-state index is 0.578. The van der Waals surface area contributed by atoms with Crippen LogP contribution in [0.25, 0.3) is 5.65 Å². The quantitative estimate of drug-likeness (QED) is 0.501. The van der Waals surface area contributed by atoms with Gasteiger partial charge in [-0.2, -0.15) is 0 Å². The van der Waals surface area contributed by atoms with Crippen molar-refractivity contribution in [1.29, 1.82) is 0 Å². The minimum absolute atomic E-state index is 0.578. The van der Waals surface area contributed by atoms with Crippen LogP contribution in [0.5, 0.6) is 0 Å². The Morgan fingerprint density at radius 2 is 2.17 bits per heavy atom. The van der Waals surface area contributed by atoms with Crippen LogP contribution in [0, 0.1) is 0 Å². The molecule has 23 heavy (non-hydrogen) atoms. The van der Waals surface area contributed by atoms with Gasteiger partial charge in [0.2, 0.25) is 0 Å². The molecule has 0 aliphatic heterocycles. The third kappa shape index (κ3) is 3.01. The number of hydrogen-bond acceptors (Lipinski definition) is 4. The maximum atomic E-state index is 6.01. The highest BCUT2D eigenvalue weighted by Gasteiger charge is 2.30. The lowest BCUT2D eigenvalue weighted by atomic mass is 10.4. The van der Waals surface area contributed by atoms with Gasteiger partial charge in [-0.1, -0.05) is 29.4 Å². The molecule has 0 amide bonds. The summed E-state index contributed by atoms with van der Waals surface area (Å²) in [6.45, 7) is 4.59. The topological polar surface area (TPSA) is 48.0 Å². The monoisotopic (exact) mass is 345 g/mol. The van der Waals surface area contributed by atoms with Crippen molar-refractivity contribution in [2.24, 2.45) is 0 Å². The molecular formula is C16H16ClN5S. The first kappa shape index (κ1) is 14.8. The van der Waals surface area contributed by atoms with E-state index in [0.29, 0.717) is 10.9 Å². The molecule has 0 atom stereocenters. The number of nitrogens with zero attached hydrogens (tertiary/aromatic N) is 5. The van der Waals surface area contributed by atoms with E-state index in [0.717, 1.165) is 34.6 Å². The fourth-order valence-corrected chi connectivity index (χ4v) is 3.58. The Hall–Kier alpha value is -1.79. The molecule has 0 aromatic carbocycles. The molecule has 1 saturated carbocycles. The second-order valence-electron chi connectivity index (χ2n) is 5.65. The Morgan fingerprint density at radius 1 is 1.30 bits per heavy atom. The molecule has 1 fully saturated rings. The predicted octanol–water partition coefficient (Wildman–Crippen LogP) is 3.93. The van der Waals surface area contributed by atoms with Gasteiger partial charge in [-0.05, 0) is 25.0 Å². The first-order chi connectivity index (χ1) is 11.2. The zero-order chi connectivity index (χ0) is 15.8. The average molecular weight is 346 g/mol. The fourth-order valence-electron chi connectivity index (χ4n) is 2.58. The molecule has 3 aromatic heterocycles. The van der Waals surface area contributed by atoms with Gasteiger partial charge < -0.3 is 8.97 Å². The summed E-state index contributed by atoms with van der Waals surface area (Å²) in [5.74, 6) is 2.42. The van der Waals surface area contributed by atoms with Gasteiger partial charge in [0.15, 0.2) is 5.16 Å². The number of halogens is 1. The molecule has 5 nitrogen and oxygen atoms in total. The first-order valence-electron chi connectivity index (χ1n) is 7.54. The van der Waals surface area contributed by atoms with Crippen LogP contribution in [0.3, 0.4) is 0 Å². The Morgan fingerprint density at radius 3 is 2.96 bits per heavy atom. The van der Waals surface area contributed by atoms with Crippen LogP contribution in [0.2, 0.25) is 5.02 Å². The number of thioether (sulfide) groups is 1. The van der Waals surface area contributed by atoms with Crippen molar-refractivity contribution >= 4 is 29.0 Å². The normalized spacial score (nSPS) is 14.5. The number of allylic oxidation sites excluding steroid dienone is 1. The molecule has 3 aromatic rings. The molecule has 0 spiro atoms. The fraction of sp³-hybridized carbons (Fsp3) is 0.312. The summed E-state index contributed by atoms with van der Waals surface area (Å²) in [6, 6.07) is 3.77. The summed E-state index contributed by atoms with van der Waals surface area (Å²) in [5, 5.41) is 10.4. The summed E-state index contributed by atoms with van der Waals surface area (Å²) in [6.07, 6.45) is 8.19. The van der Waals surface area contributed by atoms with E-state index in [4.69, 9.17) is 11.6 Å². The lowest BCUT2D eigenvalue weighted by Gasteiger charge is -2.05. The van der Waals surface area contributed by atoms with E-state index in [9.17, 15) is 0 Å². The van der Waals surface area contributed by atoms with E-state index >= 15 is 0 Å². The van der Waals surface area contributed by atoms with Gasteiger partial charge in [0.25, 0.3) is 0 Å². The van der Waals surface area contributed by atoms with Gasteiger partial charge in [0.1, 0.15) is 11.5 Å². The van der Waals surface area contributed by atoms with E-state index in [1.54, 1.807) is 11.8 Å². The van der Waals surface area contributed by atoms with Crippen LogP contribution >= 0.6 is 23.4 Å². The van der Waals surface area contributed by atoms with Crippen molar-refractivity contribution in [3.8, 4) is 0 Å². The van der Waals surface area contributed by atoms with Gasteiger partial charge in [-0.15, -0.1) is 16.8 Å². The van der Waals surface area contributed by atoms with Crippen LogP contribution in [0.4, 0.5) is 0 Å². The third-order valence-corrected chi connectivity index (χ3v) is 5.04. The summed E-state index contributed by atoms with van der Waals surface area (Å²) in [5.41, 5.74) is 1.90. The van der Waals surface area contributed by atoms with Gasteiger partial charge in [0, 0.05) is 30.6 Å². The Kier molecular flexibility index (Phi) is 3.87. The van der Waals surface area contributed by atoms with Crippen molar-refractivity contribution in [1.82, 2.24) is 24.1 Å². The van der Waals surface area contributed by atoms with Gasteiger partial charge in [-0.25, -0.2) is 4.98 Å². The highest BCUT2D eigenvalue weighted by Crippen LogP contribution is 2.40. The van der Waals surface area contributed by atoms with E-state index in [2.05, 4.69) is 26.3 Å². The Balaban J connectivity index is 1.54. The summed E-state index contributed by atoms with van der Waals surface area (Å²) in [7, 11) is 0. The molecule has 1 aliphatic carbocycles. The molecule has 0 unspecified atom stereocenters. The Labute approximate surface area is 143 Å². The number of fused-ring (bicyclic) bond motifs is 1. The van der Waals surface area contributed by atoms with E-state index in [1.807, 2.05) is 35.0 Å². The first-order valence-corrected chi connectivity index (χ1v) is 8.91. The van der Waals surface area contributed by atoms with Crippen molar-refractivity contribution in [2.75, 3.05) is 0 Å². The second kappa shape index (κ2) is 6.02. The molecule has 3 heterocycles. The molecule has 0 N–H and O–H groups in total. The number of pyridine rings is 1. The Bertz CT molecular complexity index is 865. The smallest absolute Gasteiger partial charge is 0.191 e. The molecule has 0 saturated heterocycles. The lowest BCUT2D eigenvalue weighted by molar-refractivity contribution is 0.681. The SMILES string of the molecule is C=CCn1c(SCc2cn3cc(Cl)ccc3n2)nnc1C1CC1. The number of aromatic nitrogens is 5. The summed E-state index contributed by atoms with van der Waals surface area (Å²) < 4.78 is 4.12. The van der Waals surface area contributed by atoms with Crippen LogP contribution < -0.4 is 0 Å². The largest absolute Gasteiger partial charge is 0.305 e. The maximum absolute atomic E-state index is 6.01. The van der Waals surface area contributed by atoms with Gasteiger partial charge >= 0.3 is 0 Å². The van der Waals surface area contributed by atoms with Crippen LogP contribution in [0.1, 0.15) is 30.3 Å². The van der Waals surface area contributed by atoms with Gasteiger partial charge in [-0.3, -0.25) is 0 Å². The number of rotatable bonds is 6. The van der Waals surface area contributed by atoms with Crippen LogP contribution in [0.15, 0.2) is 42.3 Å². The zero-order valence-corrected chi connectivity index (χ0v) is 14.1. The minimum Gasteiger partial charge on any atom is -0.305 e. The van der Waals surface area contributed by atoms with E-state index in [-0.39, 0.29) is 0 Å². The van der Waals surface area contributed by atoms with Crippen molar-refractivity contribution in [3.05, 3.63) is 53.7 Å². The van der Waals surface area contributed by atoms with Crippen molar-refractivity contribution in [3.63, 3.8) is 0 Å². The van der Waals surface area contributed by atoms with E-state index < -0.39 is 0 Å². The highest BCUT2D eigenvalue weighted by molar-refractivity contribution is 7.98. The molecule has 0 radical (unpaired) electrons. The zero-order valence-electron chi connectivity index (χ0n) is 12.5. The van der Waals surface area contributed by atoms with Crippen LogP contribution in [-0.4, -0.2) is 24.1 Å². The molecular weight excluding hydrogens is 330 g/mol. The second-order valence-corrected chi connectivity index (χ2v) is 7.03. The highest BCUT2D eigenvalue weighted by atomic mass is 35.5. The summed E-state index contributed by atoms with van der Waals surface area (Å²) >= 11 is 7.67. The average Bonchev–Trinajstić information content (AvgIpc) is 3.18. The molecule has 0 bridgehead atoms. The molecule has 7 heteroatoms. The predicted molar refractivity (Wildman–Crippen MR) is 92.0 cm³/mol. The third-order valence-electron chi connectivity index (χ3n) is 3.81. The van der Waals surface area contributed by atoms with Crippen molar-refractivity contribution in [2.45, 2.75) is 36.2 Å². The standard InChI is InChI=1S/C16H16ClN5S/c1-2-7-22-15(11-3-4-11)19-20-16(22)23-10-13-9-21-8-12(17)5-6-14(21)18-13/h2,5-6,8-9,11H,1,3-4,7,10H2. The lowest BCUT2D eigenvalue weighted by Crippen LogP contribution is -2.02. The number of imidazole rings is 1. The van der Waals surface area contributed by atoms with Crippen LogP contribution in [-0.2, 0) is 12.3 Å². The number of hydrogen-bond donors (Lipinski definition) is 0. The van der Waals surface area contributed by atoms with E-state index in [1.165, 1.54) is 12.8 Å². The molecule has 1 aliphatic rings. The van der Waals surface area contributed by atoms with Gasteiger partial charge in [0.05, 0.1) is 10.7 Å². The molecule has 118 valence electrons. The van der Waals surface area contributed by atoms with Crippen molar-refractivity contribution < 1.29 is 0 Å². The summed E-state index contributed by atoms with van der Waals surface area (Å²) in [4.78, 5) is 4.60. The maximum Gasteiger partial charge on any atom is 0.191 e.